The van der Waals surface area contributed by atoms with Crippen LogP contribution in [0, 0.1) is 12.3 Å². The van der Waals surface area contributed by atoms with Crippen molar-refractivity contribution in [1.29, 1.82) is 0 Å². The number of carboxylic acids is 1. The third-order valence-corrected chi connectivity index (χ3v) is 2.74. The van der Waals surface area contributed by atoms with Crippen molar-refractivity contribution in [2.75, 3.05) is 5.32 Å². The van der Waals surface area contributed by atoms with Crippen LogP contribution < -0.4 is 5.32 Å². The van der Waals surface area contributed by atoms with Crippen LogP contribution in [0.25, 0.3) is 0 Å². The minimum absolute atomic E-state index is 0.0511. The molecule has 0 aliphatic heterocycles. The van der Waals surface area contributed by atoms with E-state index in [2.05, 4.69) is 37.2 Å². The van der Waals surface area contributed by atoms with Gasteiger partial charge in [0.25, 0.3) is 5.91 Å². The topological polar surface area (TPSA) is 66.4 Å². The molecule has 82 valence electrons. The number of carbonyl (C=O) groups excluding carboxylic acids is 1. The SMILES string of the molecule is C#CC(=O)Nc1c(Br)cc(Br)cc1C(=O)O. The monoisotopic (exact) mass is 345 g/mol. The van der Waals surface area contributed by atoms with E-state index >= 15 is 0 Å². The molecule has 16 heavy (non-hydrogen) atoms. The number of carboxylic acid groups (broad SMARTS) is 1. The first-order valence-corrected chi connectivity index (χ1v) is 5.54. The van der Waals surface area contributed by atoms with Gasteiger partial charge >= 0.3 is 5.97 Å². The first-order valence-electron chi connectivity index (χ1n) is 3.95. The summed E-state index contributed by atoms with van der Waals surface area (Å²) in [6.45, 7) is 0. The molecule has 0 bridgehead atoms. The highest BCUT2D eigenvalue weighted by molar-refractivity contribution is 9.11. The molecule has 0 fully saturated rings. The van der Waals surface area contributed by atoms with Gasteiger partial charge in [0.2, 0.25) is 0 Å². The van der Waals surface area contributed by atoms with Crippen molar-refractivity contribution in [3.63, 3.8) is 0 Å². The van der Waals surface area contributed by atoms with Crippen LogP contribution in [0.1, 0.15) is 10.4 Å². The van der Waals surface area contributed by atoms with E-state index < -0.39 is 11.9 Å². The molecule has 0 aliphatic rings. The minimum Gasteiger partial charge on any atom is -0.478 e. The van der Waals surface area contributed by atoms with Crippen LogP contribution in [0.4, 0.5) is 5.69 Å². The maximum absolute atomic E-state index is 11.0. The summed E-state index contributed by atoms with van der Waals surface area (Å²) in [6.07, 6.45) is 4.89. The molecule has 6 heteroatoms. The molecule has 0 saturated carbocycles. The molecular weight excluding hydrogens is 342 g/mol. The summed E-state index contributed by atoms with van der Waals surface area (Å²) >= 11 is 6.30. The lowest BCUT2D eigenvalue weighted by Crippen LogP contribution is -2.13. The first-order chi connectivity index (χ1) is 7.45. The molecule has 2 N–H and O–H groups in total. The second kappa shape index (κ2) is 5.14. The van der Waals surface area contributed by atoms with E-state index in [0.29, 0.717) is 8.95 Å². The molecule has 1 rings (SSSR count). The number of hydrogen-bond donors (Lipinski definition) is 2. The number of halogens is 2. The predicted molar refractivity (Wildman–Crippen MR) is 66.3 cm³/mol. The standard InChI is InChI=1S/C10H5Br2NO3/c1-2-8(14)13-9-6(10(15)16)3-5(11)4-7(9)12/h1,3-4H,(H,13,14)(H,15,16). The Morgan fingerprint density at radius 2 is 2.00 bits per heavy atom. The largest absolute Gasteiger partial charge is 0.478 e. The average Bonchev–Trinajstić information content (AvgIpc) is 2.20. The third-order valence-electron chi connectivity index (χ3n) is 1.66. The van der Waals surface area contributed by atoms with Gasteiger partial charge in [-0.3, -0.25) is 4.79 Å². The summed E-state index contributed by atoms with van der Waals surface area (Å²) in [7, 11) is 0. The molecule has 0 saturated heterocycles. The highest BCUT2D eigenvalue weighted by Crippen LogP contribution is 2.30. The molecular formula is C10H5Br2NO3. The highest BCUT2D eigenvalue weighted by atomic mass is 79.9. The molecule has 0 aliphatic carbocycles. The molecule has 4 nitrogen and oxygen atoms in total. The maximum atomic E-state index is 11.0. The fourth-order valence-electron chi connectivity index (χ4n) is 1.02. The van der Waals surface area contributed by atoms with E-state index in [1.54, 1.807) is 6.07 Å². The highest BCUT2D eigenvalue weighted by Gasteiger charge is 2.15. The van der Waals surface area contributed by atoms with E-state index in [0.717, 1.165) is 0 Å². The zero-order valence-electron chi connectivity index (χ0n) is 7.75. The Balaban J connectivity index is 3.31. The van der Waals surface area contributed by atoms with Crippen molar-refractivity contribution in [3.8, 4) is 12.3 Å². The smallest absolute Gasteiger partial charge is 0.337 e. The van der Waals surface area contributed by atoms with Crippen LogP contribution >= 0.6 is 31.9 Å². The number of aromatic carboxylic acids is 1. The number of carbonyl (C=O) groups is 2. The molecule has 0 spiro atoms. The van der Waals surface area contributed by atoms with Crippen LogP contribution in [0.5, 0.6) is 0 Å². The molecule has 0 aromatic heterocycles. The number of terminal acetylenes is 1. The van der Waals surface area contributed by atoms with Crippen molar-refractivity contribution in [2.24, 2.45) is 0 Å². The Labute approximate surface area is 108 Å². The van der Waals surface area contributed by atoms with Gasteiger partial charge in [0.05, 0.1) is 11.3 Å². The van der Waals surface area contributed by atoms with Crippen molar-refractivity contribution in [3.05, 3.63) is 26.6 Å². The molecule has 1 aromatic carbocycles. The Hall–Kier alpha value is -1.32. The summed E-state index contributed by atoms with van der Waals surface area (Å²) in [5.41, 5.74) is 0.0866. The molecule has 1 aromatic rings. The quantitative estimate of drug-likeness (QED) is 0.808. The number of nitrogens with one attached hydrogen (secondary N) is 1. The summed E-state index contributed by atoms with van der Waals surface area (Å²) in [5, 5.41) is 11.3. The second-order valence-corrected chi connectivity index (χ2v) is 4.48. The predicted octanol–water partition coefficient (Wildman–Crippen LogP) is 2.48. The Bertz CT molecular complexity index is 506. The van der Waals surface area contributed by atoms with Crippen molar-refractivity contribution < 1.29 is 14.7 Å². The van der Waals surface area contributed by atoms with Crippen LogP contribution in [-0.2, 0) is 4.79 Å². The molecule has 1 amide bonds. The van der Waals surface area contributed by atoms with Gasteiger partial charge in [-0.25, -0.2) is 4.79 Å². The van der Waals surface area contributed by atoms with Gasteiger partial charge in [-0.05, 0) is 34.0 Å². The zero-order chi connectivity index (χ0) is 12.3. The molecule has 0 radical (unpaired) electrons. The lowest BCUT2D eigenvalue weighted by atomic mass is 10.2. The van der Waals surface area contributed by atoms with E-state index in [1.165, 1.54) is 6.07 Å². The van der Waals surface area contributed by atoms with Gasteiger partial charge in [-0.15, -0.1) is 6.42 Å². The lowest BCUT2D eigenvalue weighted by molar-refractivity contribution is -0.111. The van der Waals surface area contributed by atoms with Gasteiger partial charge in [0, 0.05) is 8.95 Å². The van der Waals surface area contributed by atoms with Gasteiger partial charge in [0.15, 0.2) is 0 Å². The average molecular weight is 347 g/mol. The van der Waals surface area contributed by atoms with Gasteiger partial charge < -0.3 is 10.4 Å². The molecule has 0 atom stereocenters. The van der Waals surface area contributed by atoms with Crippen molar-refractivity contribution >= 4 is 49.4 Å². The van der Waals surface area contributed by atoms with Crippen molar-refractivity contribution in [2.45, 2.75) is 0 Å². The van der Waals surface area contributed by atoms with E-state index in [-0.39, 0.29) is 11.3 Å². The number of benzene rings is 1. The summed E-state index contributed by atoms with van der Waals surface area (Å²) in [5.74, 6) is -0.0154. The summed E-state index contributed by atoms with van der Waals surface area (Å²) in [6, 6.07) is 2.98. The van der Waals surface area contributed by atoms with E-state index in [4.69, 9.17) is 11.5 Å². The van der Waals surface area contributed by atoms with E-state index in [1.807, 2.05) is 5.92 Å². The zero-order valence-corrected chi connectivity index (χ0v) is 10.9. The number of hydrogen-bond acceptors (Lipinski definition) is 2. The maximum Gasteiger partial charge on any atom is 0.337 e. The van der Waals surface area contributed by atoms with Gasteiger partial charge in [-0.2, -0.15) is 0 Å². The number of rotatable bonds is 2. The second-order valence-electron chi connectivity index (χ2n) is 2.71. The Kier molecular flexibility index (Phi) is 4.10. The number of anilines is 1. The van der Waals surface area contributed by atoms with E-state index in [9.17, 15) is 9.59 Å². The van der Waals surface area contributed by atoms with Crippen LogP contribution in [0.3, 0.4) is 0 Å². The first kappa shape index (κ1) is 12.7. The minimum atomic E-state index is -1.16. The van der Waals surface area contributed by atoms with Crippen molar-refractivity contribution in [1.82, 2.24) is 0 Å². The Morgan fingerprint density at radius 3 is 2.50 bits per heavy atom. The third kappa shape index (κ3) is 2.84. The lowest BCUT2D eigenvalue weighted by Gasteiger charge is -2.09. The van der Waals surface area contributed by atoms with Gasteiger partial charge in [0.1, 0.15) is 0 Å². The number of amides is 1. The molecule has 0 heterocycles. The van der Waals surface area contributed by atoms with Crippen LogP contribution in [0.15, 0.2) is 21.1 Å². The normalized spacial score (nSPS) is 9.31. The summed E-state index contributed by atoms with van der Waals surface area (Å²) in [4.78, 5) is 22.0. The fourth-order valence-corrected chi connectivity index (χ4v) is 2.34. The van der Waals surface area contributed by atoms with Gasteiger partial charge in [-0.1, -0.05) is 15.9 Å². The summed E-state index contributed by atoms with van der Waals surface area (Å²) < 4.78 is 1.01. The molecule has 0 unspecified atom stereocenters. The fraction of sp³-hybridized carbons (Fsp3) is 0. The van der Waals surface area contributed by atoms with Crippen LogP contribution in [0.2, 0.25) is 0 Å². The Morgan fingerprint density at radius 1 is 1.38 bits per heavy atom. The van der Waals surface area contributed by atoms with Crippen LogP contribution in [-0.4, -0.2) is 17.0 Å².